The highest BCUT2D eigenvalue weighted by Gasteiger charge is 2.04. The Hall–Kier alpha value is -2.49. The Labute approximate surface area is 137 Å². The Bertz CT molecular complexity index is 597. The van der Waals surface area contributed by atoms with Crippen LogP contribution in [0.3, 0.4) is 0 Å². The molecule has 0 saturated carbocycles. The minimum Gasteiger partial charge on any atom is -0.493 e. The summed E-state index contributed by atoms with van der Waals surface area (Å²) in [7, 11) is 0. The fourth-order valence-electron chi connectivity index (χ4n) is 2.04. The van der Waals surface area contributed by atoms with Gasteiger partial charge in [0.05, 0.1) is 13.0 Å². The topological polar surface area (TPSA) is 50.4 Å². The molecule has 0 aliphatic rings. The van der Waals surface area contributed by atoms with Crippen molar-refractivity contribution in [3.8, 4) is 5.75 Å². The Balaban J connectivity index is 1.74. The molecule has 2 aromatic carbocycles. The summed E-state index contributed by atoms with van der Waals surface area (Å²) in [5.41, 5.74) is 1.86. The third-order valence-electron chi connectivity index (χ3n) is 3.54. The van der Waals surface area contributed by atoms with E-state index in [1.54, 1.807) is 0 Å². The zero-order chi connectivity index (χ0) is 16.5. The van der Waals surface area contributed by atoms with Crippen molar-refractivity contribution in [1.82, 2.24) is 0 Å². The molecule has 0 aliphatic carbocycles. The number of nitrogens with one attached hydrogen (secondary N) is 2. The molecule has 0 aromatic heterocycles. The first kappa shape index (κ1) is 16.9. The lowest BCUT2D eigenvalue weighted by Crippen LogP contribution is -2.15. The van der Waals surface area contributed by atoms with E-state index >= 15 is 0 Å². The summed E-state index contributed by atoms with van der Waals surface area (Å²) in [6.45, 7) is 4.65. The summed E-state index contributed by atoms with van der Waals surface area (Å²) >= 11 is 0. The zero-order valence-corrected chi connectivity index (χ0v) is 13.7. The van der Waals surface area contributed by atoms with Crippen molar-refractivity contribution in [2.45, 2.75) is 32.7 Å². The fourth-order valence-corrected chi connectivity index (χ4v) is 2.04. The predicted molar refractivity (Wildman–Crippen MR) is 95.0 cm³/mol. The van der Waals surface area contributed by atoms with Crippen molar-refractivity contribution in [2.24, 2.45) is 0 Å². The van der Waals surface area contributed by atoms with Gasteiger partial charge >= 0.3 is 0 Å². The van der Waals surface area contributed by atoms with E-state index in [-0.39, 0.29) is 5.91 Å². The maximum atomic E-state index is 11.9. The molecule has 1 amide bonds. The minimum atomic E-state index is -0.0523. The number of hydrogen-bond donors (Lipinski definition) is 2. The Kier molecular flexibility index (Phi) is 6.48. The number of para-hydroxylation sites is 1. The number of ether oxygens (including phenoxy) is 1. The molecule has 0 radical (unpaired) electrons. The van der Waals surface area contributed by atoms with Crippen LogP contribution < -0.4 is 15.4 Å². The molecule has 0 bridgehead atoms. The van der Waals surface area contributed by atoms with Crippen molar-refractivity contribution >= 4 is 17.3 Å². The summed E-state index contributed by atoms with van der Waals surface area (Å²) in [6, 6.07) is 17.7. The normalized spacial score (nSPS) is 11.6. The first-order chi connectivity index (χ1) is 11.2. The molecule has 0 heterocycles. The van der Waals surface area contributed by atoms with E-state index in [1.165, 1.54) is 0 Å². The summed E-state index contributed by atoms with van der Waals surface area (Å²) in [5.74, 6) is 0.726. The van der Waals surface area contributed by atoms with Crippen LogP contribution in [0.5, 0.6) is 5.75 Å². The lowest BCUT2D eigenvalue weighted by molar-refractivity contribution is -0.116. The van der Waals surface area contributed by atoms with Gasteiger partial charge < -0.3 is 15.4 Å². The second-order valence-electron chi connectivity index (χ2n) is 5.49. The van der Waals surface area contributed by atoms with Gasteiger partial charge in [-0.2, -0.15) is 0 Å². The average molecular weight is 312 g/mol. The highest BCUT2D eigenvalue weighted by Crippen LogP contribution is 2.15. The van der Waals surface area contributed by atoms with E-state index in [0.717, 1.165) is 23.5 Å². The minimum absolute atomic E-state index is 0.0523. The fraction of sp³-hybridized carbons (Fsp3) is 0.316. The molecule has 4 heteroatoms. The second-order valence-corrected chi connectivity index (χ2v) is 5.49. The number of carbonyl (C=O) groups excluding carboxylic acids is 1. The standard InChI is InChI=1S/C19H24N2O2/c1-3-15(2)20-16-9-11-17(12-10-16)21-19(22)13-14-23-18-7-5-4-6-8-18/h4-12,15,20H,3,13-14H2,1-2H3,(H,21,22). The van der Waals surface area contributed by atoms with E-state index in [4.69, 9.17) is 4.74 Å². The van der Waals surface area contributed by atoms with E-state index in [2.05, 4.69) is 24.5 Å². The smallest absolute Gasteiger partial charge is 0.227 e. The molecular formula is C19H24N2O2. The Morgan fingerprint density at radius 1 is 1.04 bits per heavy atom. The predicted octanol–water partition coefficient (Wildman–Crippen LogP) is 4.30. The lowest BCUT2D eigenvalue weighted by Gasteiger charge is -2.13. The Morgan fingerprint density at radius 3 is 2.35 bits per heavy atom. The Morgan fingerprint density at radius 2 is 1.70 bits per heavy atom. The van der Waals surface area contributed by atoms with Gasteiger partial charge in [-0.3, -0.25) is 4.79 Å². The van der Waals surface area contributed by atoms with Gasteiger partial charge in [-0.15, -0.1) is 0 Å². The number of amides is 1. The third-order valence-corrected chi connectivity index (χ3v) is 3.54. The molecule has 23 heavy (non-hydrogen) atoms. The van der Waals surface area contributed by atoms with Gasteiger partial charge in [0.25, 0.3) is 0 Å². The molecule has 0 spiro atoms. The first-order valence-electron chi connectivity index (χ1n) is 8.01. The van der Waals surface area contributed by atoms with Gasteiger partial charge in [-0.1, -0.05) is 25.1 Å². The van der Waals surface area contributed by atoms with Crippen LogP contribution in [0, 0.1) is 0 Å². The molecular weight excluding hydrogens is 288 g/mol. The van der Waals surface area contributed by atoms with Crippen molar-refractivity contribution in [3.05, 3.63) is 54.6 Å². The molecule has 2 rings (SSSR count). The van der Waals surface area contributed by atoms with Gasteiger partial charge in [0.15, 0.2) is 0 Å². The quantitative estimate of drug-likeness (QED) is 0.764. The molecule has 1 atom stereocenters. The molecule has 4 nitrogen and oxygen atoms in total. The number of hydrogen-bond acceptors (Lipinski definition) is 3. The monoisotopic (exact) mass is 312 g/mol. The van der Waals surface area contributed by atoms with Crippen molar-refractivity contribution in [3.63, 3.8) is 0 Å². The number of carbonyl (C=O) groups is 1. The van der Waals surface area contributed by atoms with Crippen LogP contribution in [0.25, 0.3) is 0 Å². The van der Waals surface area contributed by atoms with E-state index < -0.39 is 0 Å². The van der Waals surface area contributed by atoms with Crippen LogP contribution in [0.1, 0.15) is 26.7 Å². The molecule has 2 aromatic rings. The van der Waals surface area contributed by atoms with Crippen LogP contribution in [0.2, 0.25) is 0 Å². The summed E-state index contributed by atoms with van der Waals surface area (Å²) < 4.78 is 5.52. The molecule has 122 valence electrons. The summed E-state index contributed by atoms with van der Waals surface area (Å²) in [6.07, 6.45) is 1.39. The molecule has 0 fully saturated rings. The largest absolute Gasteiger partial charge is 0.493 e. The van der Waals surface area contributed by atoms with Gasteiger partial charge in [0, 0.05) is 17.4 Å². The van der Waals surface area contributed by atoms with Crippen molar-refractivity contribution in [2.75, 3.05) is 17.2 Å². The summed E-state index contributed by atoms with van der Waals surface area (Å²) in [4.78, 5) is 11.9. The van der Waals surface area contributed by atoms with E-state index in [0.29, 0.717) is 19.1 Å². The van der Waals surface area contributed by atoms with Gasteiger partial charge in [0.2, 0.25) is 5.91 Å². The lowest BCUT2D eigenvalue weighted by atomic mass is 10.2. The van der Waals surface area contributed by atoms with Gasteiger partial charge in [-0.25, -0.2) is 0 Å². The van der Waals surface area contributed by atoms with Crippen LogP contribution in [0.15, 0.2) is 54.6 Å². The molecule has 2 N–H and O–H groups in total. The second kappa shape index (κ2) is 8.83. The van der Waals surface area contributed by atoms with Gasteiger partial charge in [-0.05, 0) is 49.7 Å². The summed E-state index contributed by atoms with van der Waals surface area (Å²) in [5, 5.41) is 6.27. The SMILES string of the molecule is CCC(C)Nc1ccc(NC(=O)CCOc2ccccc2)cc1. The number of benzene rings is 2. The van der Waals surface area contributed by atoms with Crippen LogP contribution in [-0.2, 0) is 4.79 Å². The maximum absolute atomic E-state index is 11.9. The molecule has 0 saturated heterocycles. The average Bonchev–Trinajstić information content (AvgIpc) is 2.57. The van der Waals surface area contributed by atoms with Crippen LogP contribution in [-0.4, -0.2) is 18.6 Å². The van der Waals surface area contributed by atoms with E-state index in [9.17, 15) is 4.79 Å². The highest BCUT2D eigenvalue weighted by molar-refractivity contribution is 5.90. The number of rotatable bonds is 8. The maximum Gasteiger partial charge on any atom is 0.227 e. The molecule has 0 aliphatic heterocycles. The van der Waals surface area contributed by atoms with E-state index in [1.807, 2.05) is 54.6 Å². The van der Waals surface area contributed by atoms with Crippen molar-refractivity contribution < 1.29 is 9.53 Å². The van der Waals surface area contributed by atoms with Crippen LogP contribution in [0.4, 0.5) is 11.4 Å². The zero-order valence-electron chi connectivity index (χ0n) is 13.7. The first-order valence-corrected chi connectivity index (χ1v) is 8.01. The van der Waals surface area contributed by atoms with Gasteiger partial charge in [0.1, 0.15) is 5.75 Å². The van der Waals surface area contributed by atoms with Crippen LogP contribution >= 0.6 is 0 Å². The third kappa shape index (κ3) is 6.02. The van der Waals surface area contributed by atoms with Crippen molar-refractivity contribution in [1.29, 1.82) is 0 Å². The number of anilines is 2. The highest BCUT2D eigenvalue weighted by atomic mass is 16.5. The molecule has 1 unspecified atom stereocenters.